The van der Waals surface area contributed by atoms with Crippen LogP contribution in [0.3, 0.4) is 0 Å². The fourth-order valence-electron chi connectivity index (χ4n) is 2.08. The molecular weight excluding hydrogens is 358 g/mol. The number of likely N-dealkylation sites (N-methyl/N-ethyl adjacent to an activating group) is 1. The molecular formula is C19H18F2N2O4. The fourth-order valence-corrected chi connectivity index (χ4v) is 2.08. The number of nitrogens with zero attached hydrogens (tertiary/aromatic N) is 1. The van der Waals surface area contributed by atoms with E-state index in [1.165, 1.54) is 7.05 Å². The lowest BCUT2D eigenvalue weighted by molar-refractivity contribution is -0.136. The maximum atomic E-state index is 13.1. The van der Waals surface area contributed by atoms with Crippen molar-refractivity contribution in [1.29, 1.82) is 0 Å². The van der Waals surface area contributed by atoms with Crippen molar-refractivity contribution in [2.45, 2.75) is 6.92 Å². The second-order valence-corrected chi connectivity index (χ2v) is 5.87. The van der Waals surface area contributed by atoms with Crippen molar-refractivity contribution in [2.75, 3.05) is 25.5 Å². The first-order valence-corrected chi connectivity index (χ1v) is 7.99. The number of hydrogen-bond donors (Lipinski definition) is 1. The monoisotopic (exact) mass is 376 g/mol. The number of aryl methyl sites for hydroxylation is 1. The molecule has 0 saturated heterocycles. The molecule has 6 nitrogen and oxygen atoms in total. The Morgan fingerprint density at radius 2 is 1.70 bits per heavy atom. The molecule has 2 aromatic rings. The van der Waals surface area contributed by atoms with Gasteiger partial charge in [-0.3, -0.25) is 9.59 Å². The zero-order chi connectivity index (χ0) is 20.0. The second kappa shape index (κ2) is 8.88. The maximum absolute atomic E-state index is 13.1. The molecule has 0 saturated carbocycles. The molecule has 0 aliphatic carbocycles. The summed E-state index contributed by atoms with van der Waals surface area (Å²) >= 11 is 0. The van der Waals surface area contributed by atoms with Gasteiger partial charge in [0.15, 0.2) is 18.2 Å². The molecule has 8 heteroatoms. The number of amides is 2. The first kappa shape index (κ1) is 20.0. The van der Waals surface area contributed by atoms with E-state index in [1.54, 1.807) is 12.1 Å². The van der Waals surface area contributed by atoms with E-state index in [0.717, 1.165) is 22.6 Å². The van der Waals surface area contributed by atoms with E-state index < -0.39 is 36.0 Å². The Morgan fingerprint density at radius 3 is 2.33 bits per heavy atom. The van der Waals surface area contributed by atoms with E-state index in [0.29, 0.717) is 11.8 Å². The summed E-state index contributed by atoms with van der Waals surface area (Å²) in [5, 5.41) is 2.64. The van der Waals surface area contributed by atoms with Crippen LogP contribution in [0.1, 0.15) is 15.9 Å². The normalized spacial score (nSPS) is 10.2. The summed E-state index contributed by atoms with van der Waals surface area (Å²) in [6.45, 7) is 1.04. The summed E-state index contributed by atoms with van der Waals surface area (Å²) in [7, 11) is 1.38. The van der Waals surface area contributed by atoms with Gasteiger partial charge in [0.25, 0.3) is 5.91 Å². The third-order valence-electron chi connectivity index (χ3n) is 3.62. The van der Waals surface area contributed by atoms with Gasteiger partial charge >= 0.3 is 5.97 Å². The molecule has 0 atom stereocenters. The molecule has 0 aliphatic rings. The summed E-state index contributed by atoms with van der Waals surface area (Å²) < 4.78 is 30.7. The third kappa shape index (κ3) is 5.88. The number of anilines is 1. The standard InChI is InChI=1S/C19H18F2N2O4/c1-12-3-6-14(7-4-12)22-17(24)10-23(2)18(25)11-27-19(26)13-5-8-15(20)16(21)9-13/h3-9H,10-11H2,1-2H3,(H,22,24). The van der Waals surface area contributed by atoms with E-state index in [-0.39, 0.29) is 12.1 Å². The molecule has 0 radical (unpaired) electrons. The molecule has 142 valence electrons. The minimum atomic E-state index is -1.19. The highest BCUT2D eigenvalue weighted by Gasteiger charge is 2.17. The van der Waals surface area contributed by atoms with Crippen molar-refractivity contribution in [3.05, 3.63) is 65.2 Å². The lowest BCUT2D eigenvalue weighted by Crippen LogP contribution is -2.37. The molecule has 2 amide bonds. The topological polar surface area (TPSA) is 75.7 Å². The second-order valence-electron chi connectivity index (χ2n) is 5.87. The quantitative estimate of drug-likeness (QED) is 0.786. The van der Waals surface area contributed by atoms with E-state index in [1.807, 2.05) is 19.1 Å². The van der Waals surface area contributed by atoms with Crippen LogP contribution in [0.4, 0.5) is 14.5 Å². The van der Waals surface area contributed by atoms with Gasteiger partial charge in [-0.25, -0.2) is 13.6 Å². The predicted octanol–water partition coefficient (Wildman–Crippen LogP) is 2.53. The van der Waals surface area contributed by atoms with Crippen molar-refractivity contribution >= 4 is 23.5 Å². The fraction of sp³-hybridized carbons (Fsp3) is 0.211. The highest BCUT2D eigenvalue weighted by Crippen LogP contribution is 2.10. The Kier molecular flexibility index (Phi) is 6.59. The molecule has 0 spiro atoms. The average molecular weight is 376 g/mol. The molecule has 0 aliphatic heterocycles. The van der Waals surface area contributed by atoms with Crippen molar-refractivity contribution in [3.63, 3.8) is 0 Å². The van der Waals surface area contributed by atoms with E-state index in [4.69, 9.17) is 4.74 Å². The van der Waals surface area contributed by atoms with Gasteiger partial charge in [0.2, 0.25) is 5.91 Å². The van der Waals surface area contributed by atoms with Crippen LogP contribution in [0.25, 0.3) is 0 Å². The van der Waals surface area contributed by atoms with Gasteiger partial charge in [-0.05, 0) is 37.3 Å². The smallest absolute Gasteiger partial charge is 0.338 e. The Hall–Kier alpha value is -3.29. The van der Waals surface area contributed by atoms with E-state index in [2.05, 4.69) is 5.32 Å². The number of nitrogens with one attached hydrogen (secondary N) is 1. The number of esters is 1. The number of carbonyl (C=O) groups is 3. The highest BCUT2D eigenvalue weighted by atomic mass is 19.2. The van der Waals surface area contributed by atoms with Crippen molar-refractivity contribution in [1.82, 2.24) is 4.90 Å². The van der Waals surface area contributed by atoms with Gasteiger partial charge < -0.3 is 15.0 Å². The van der Waals surface area contributed by atoms with Crippen LogP contribution in [-0.2, 0) is 14.3 Å². The zero-order valence-corrected chi connectivity index (χ0v) is 14.8. The van der Waals surface area contributed by atoms with Gasteiger partial charge in [0.05, 0.1) is 12.1 Å². The summed E-state index contributed by atoms with van der Waals surface area (Å²) in [6, 6.07) is 9.65. The number of carbonyl (C=O) groups excluding carboxylic acids is 3. The molecule has 27 heavy (non-hydrogen) atoms. The molecule has 0 fully saturated rings. The third-order valence-corrected chi connectivity index (χ3v) is 3.62. The summed E-state index contributed by atoms with van der Waals surface area (Å²) in [4.78, 5) is 36.8. The van der Waals surface area contributed by atoms with E-state index >= 15 is 0 Å². The van der Waals surface area contributed by atoms with Gasteiger partial charge in [0.1, 0.15) is 0 Å². The van der Waals surface area contributed by atoms with Gasteiger partial charge in [-0.2, -0.15) is 0 Å². The molecule has 0 aromatic heterocycles. The SMILES string of the molecule is Cc1ccc(NC(=O)CN(C)C(=O)COC(=O)c2ccc(F)c(F)c2)cc1. The summed E-state index contributed by atoms with van der Waals surface area (Å²) in [5.74, 6) is -4.30. The number of benzene rings is 2. The Morgan fingerprint density at radius 1 is 1.04 bits per heavy atom. The minimum absolute atomic E-state index is 0.221. The van der Waals surface area contributed by atoms with Gasteiger partial charge in [-0.15, -0.1) is 0 Å². The Labute approximate surface area is 154 Å². The first-order valence-electron chi connectivity index (χ1n) is 7.99. The molecule has 2 rings (SSSR count). The Bertz CT molecular complexity index is 853. The largest absolute Gasteiger partial charge is 0.452 e. The zero-order valence-electron chi connectivity index (χ0n) is 14.8. The molecule has 2 aromatic carbocycles. The highest BCUT2D eigenvalue weighted by molar-refractivity contribution is 5.95. The van der Waals surface area contributed by atoms with Crippen LogP contribution < -0.4 is 5.32 Å². The predicted molar refractivity (Wildman–Crippen MR) is 94.1 cm³/mol. The Balaban J connectivity index is 1.82. The van der Waals surface area contributed by atoms with E-state index in [9.17, 15) is 23.2 Å². The molecule has 1 N–H and O–H groups in total. The van der Waals surface area contributed by atoms with Crippen LogP contribution in [0, 0.1) is 18.6 Å². The van der Waals surface area contributed by atoms with Crippen LogP contribution in [-0.4, -0.2) is 42.9 Å². The van der Waals surface area contributed by atoms with Gasteiger partial charge in [0, 0.05) is 12.7 Å². The number of rotatable bonds is 6. The minimum Gasteiger partial charge on any atom is -0.452 e. The number of hydrogen-bond acceptors (Lipinski definition) is 4. The first-order chi connectivity index (χ1) is 12.8. The maximum Gasteiger partial charge on any atom is 0.338 e. The lowest BCUT2D eigenvalue weighted by Gasteiger charge is -2.17. The van der Waals surface area contributed by atoms with Crippen LogP contribution in [0.15, 0.2) is 42.5 Å². The molecule has 0 bridgehead atoms. The van der Waals surface area contributed by atoms with Crippen molar-refractivity contribution < 1.29 is 27.9 Å². The average Bonchev–Trinajstić information content (AvgIpc) is 2.63. The lowest BCUT2D eigenvalue weighted by atomic mass is 10.2. The van der Waals surface area contributed by atoms with Crippen LogP contribution >= 0.6 is 0 Å². The van der Waals surface area contributed by atoms with Gasteiger partial charge in [-0.1, -0.05) is 17.7 Å². The summed E-state index contributed by atoms with van der Waals surface area (Å²) in [6.07, 6.45) is 0. The summed E-state index contributed by atoms with van der Waals surface area (Å²) in [5.41, 5.74) is 1.42. The van der Waals surface area contributed by atoms with Crippen molar-refractivity contribution in [2.24, 2.45) is 0 Å². The number of ether oxygens (including phenoxy) is 1. The number of halogens is 2. The van der Waals surface area contributed by atoms with Crippen molar-refractivity contribution in [3.8, 4) is 0 Å². The molecule has 0 heterocycles. The van der Waals surface area contributed by atoms with Crippen LogP contribution in [0.5, 0.6) is 0 Å². The van der Waals surface area contributed by atoms with Crippen LogP contribution in [0.2, 0.25) is 0 Å². The molecule has 0 unspecified atom stereocenters.